The highest BCUT2D eigenvalue weighted by molar-refractivity contribution is 7.99. The first-order valence-electron chi connectivity index (χ1n) is 4.10. The number of hydrogen-bond donors (Lipinski definition) is 3. The minimum atomic E-state index is 0.143. The zero-order valence-corrected chi connectivity index (χ0v) is 8.75. The highest BCUT2D eigenvalue weighted by atomic mass is 32.2. The minimum absolute atomic E-state index is 0.143. The van der Waals surface area contributed by atoms with Crippen LogP contribution in [-0.4, -0.2) is 25.1 Å². The van der Waals surface area contributed by atoms with Crippen LogP contribution in [0.2, 0.25) is 0 Å². The molecule has 2 aromatic heterocycles. The fourth-order valence-corrected chi connectivity index (χ4v) is 1.75. The number of rotatable bonds is 2. The molecule has 0 amide bonds. The van der Waals surface area contributed by atoms with E-state index in [0.29, 0.717) is 16.0 Å². The zero-order valence-electron chi connectivity index (χ0n) is 7.93. The third-order valence-corrected chi connectivity index (χ3v) is 2.30. The second kappa shape index (κ2) is 3.73. The number of nitrogens with zero attached hydrogens (tertiary/aromatic N) is 4. The van der Waals surface area contributed by atoms with E-state index in [-0.39, 0.29) is 5.95 Å². The van der Waals surface area contributed by atoms with Gasteiger partial charge in [0.05, 0.1) is 0 Å². The van der Waals surface area contributed by atoms with E-state index < -0.39 is 0 Å². The molecule has 8 heteroatoms. The molecule has 0 aromatic carbocycles. The van der Waals surface area contributed by atoms with E-state index in [4.69, 9.17) is 11.5 Å². The van der Waals surface area contributed by atoms with E-state index in [1.165, 1.54) is 11.8 Å². The van der Waals surface area contributed by atoms with Crippen molar-refractivity contribution in [2.24, 2.45) is 0 Å². The number of nitrogen functional groups attached to an aromatic ring is 2. The lowest BCUT2D eigenvalue weighted by Crippen LogP contribution is -1.99. The van der Waals surface area contributed by atoms with E-state index in [1.54, 1.807) is 6.07 Å². The molecule has 15 heavy (non-hydrogen) atoms. The molecular weight excluding hydrogens is 214 g/mol. The fraction of sp³-hybridized carbons (Fsp3) is 0.143. The number of aryl methyl sites for hydroxylation is 1. The number of nitrogens with two attached hydrogens (primary N) is 2. The van der Waals surface area contributed by atoms with Crippen molar-refractivity contribution in [3.63, 3.8) is 0 Å². The van der Waals surface area contributed by atoms with Gasteiger partial charge in [0.1, 0.15) is 16.7 Å². The zero-order chi connectivity index (χ0) is 10.8. The molecule has 0 aliphatic rings. The molecule has 0 saturated carbocycles. The van der Waals surface area contributed by atoms with Crippen molar-refractivity contribution < 1.29 is 0 Å². The van der Waals surface area contributed by atoms with Gasteiger partial charge in [-0.3, -0.25) is 5.10 Å². The van der Waals surface area contributed by atoms with Gasteiger partial charge >= 0.3 is 0 Å². The number of nitrogens with one attached hydrogen (secondary N) is 1. The molecule has 2 heterocycles. The molecule has 0 aliphatic carbocycles. The molecule has 2 aromatic rings. The van der Waals surface area contributed by atoms with Crippen molar-refractivity contribution in [1.82, 2.24) is 25.1 Å². The number of anilines is 2. The van der Waals surface area contributed by atoms with Crippen molar-refractivity contribution in [2.75, 3.05) is 11.5 Å². The third kappa shape index (κ3) is 2.34. The molecule has 0 atom stereocenters. The number of aromatic amines is 1. The average molecular weight is 223 g/mol. The molecule has 0 aliphatic heterocycles. The second-order valence-electron chi connectivity index (χ2n) is 2.79. The van der Waals surface area contributed by atoms with Crippen molar-refractivity contribution in [1.29, 1.82) is 0 Å². The van der Waals surface area contributed by atoms with Gasteiger partial charge in [0, 0.05) is 6.07 Å². The molecule has 7 nitrogen and oxygen atoms in total. The van der Waals surface area contributed by atoms with Crippen LogP contribution in [0.15, 0.2) is 16.2 Å². The lowest BCUT2D eigenvalue weighted by molar-refractivity contribution is 0.962. The lowest BCUT2D eigenvalue weighted by Gasteiger charge is -1.99. The van der Waals surface area contributed by atoms with Crippen LogP contribution in [0.25, 0.3) is 0 Å². The van der Waals surface area contributed by atoms with E-state index in [2.05, 4.69) is 25.1 Å². The van der Waals surface area contributed by atoms with Crippen LogP contribution in [0, 0.1) is 6.92 Å². The Morgan fingerprint density at radius 3 is 2.67 bits per heavy atom. The molecule has 0 fully saturated rings. The minimum Gasteiger partial charge on any atom is -0.383 e. The first kappa shape index (κ1) is 9.71. The monoisotopic (exact) mass is 223 g/mol. The van der Waals surface area contributed by atoms with E-state index in [9.17, 15) is 0 Å². The van der Waals surface area contributed by atoms with Crippen molar-refractivity contribution in [3.8, 4) is 0 Å². The summed E-state index contributed by atoms with van der Waals surface area (Å²) in [6.07, 6.45) is 0. The number of H-pyrrole nitrogens is 1. The maximum Gasteiger partial charge on any atom is 0.223 e. The Kier molecular flexibility index (Phi) is 2.42. The highest BCUT2D eigenvalue weighted by Crippen LogP contribution is 2.23. The number of hydrogen-bond acceptors (Lipinski definition) is 7. The molecular formula is C7H9N7S. The summed E-state index contributed by atoms with van der Waals surface area (Å²) in [5, 5.41) is 7.88. The normalized spacial score (nSPS) is 10.5. The Morgan fingerprint density at radius 1 is 1.27 bits per heavy atom. The summed E-state index contributed by atoms with van der Waals surface area (Å²) < 4.78 is 0. The van der Waals surface area contributed by atoms with Crippen molar-refractivity contribution >= 4 is 23.5 Å². The van der Waals surface area contributed by atoms with Crippen LogP contribution >= 0.6 is 11.8 Å². The first-order valence-corrected chi connectivity index (χ1v) is 4.92. The summed E-state index contributed by atoms with van der Waals surface area (Å²) in [6, 6.07) is 1.62. The average Bonchev–Trinajstić information content (AvgIpc) is 2.49. The quantitative estimate of drug-likeness (QED) is 0.623. The Bertz CT molecular complexity index is 460. The summed E-state index contributed by atoms with van der Waals surface area (Å²) in [7, 11) is 0. The standard InChI is InChI=1S/C7H9N7S/c1-3-10-7(14-13-3)15-5-2-4(8)11-6(9)12-5/h2H,1H3,(H,10,13,14)(H4,8,9,11,12). The van der Waals surface area contributed by atoms with Crippen molar-refractivity contribution in [3.05, 3.63) is 11.9 Å². The van der Waals surface area contributed by atoms with Crippen LogP contribution in [0.4, 0.5) is 11.8 Å². The summed E-state index contributed by atoms with van der Waals surface area (Å²) in [6.45, 7) is 1.82. The maximum absolute atomic E-state index is 5.53. The van der Waals surface area contributed by atoms with Gasteiger partial charge in [-0.1, -0.05) is 0 Å². The van der Waals surface area contributed by atoms with Crippen LogP contribution in [-0.2, 0) is 0 Å². The lowest BCUT2D eigenvalue weighted by atomic mass is 10.6. The topological polar surface area (TPSA) is 119 Å². The molecule has 0 unspecified atom stereocenters. The summed E-state index contributed by atoms with van der Waals surface area (Å²) >= 11 is 1.27. The summed E-state index contributed by atoms with van der Waals surface area (Å²) in [5.41, 5.74) is 11.0. The molecule has 5 N–H and O–H groups in total. The molecule has 2 rings (SSSR count). The SMILES string of the molecule is Cc1nc(Sc2cc(N)nc(N)n2)n[nH]1. The largest absolute Gasteiger partial charge is 0.383 e. The van der Waals surface area contributed by atoms with Gasteiger partial charge in [-0.05, 0) is 18.7 Å². The Morgan fingerprint density at radius 2 is 2.07 bits per heavy atom. The summed E-state index contributed by atoms with van der Waals surface area (Å²) in [5.74, 6) is 1.22. The van der Waals surface area contributed by atoms with E-state index in [0.717, 1.165) is 5.82 Å². The Labute approximate surface area is 89.7 Å². The van der Waals surface area contributed by atoms with Crippen LogP contribution in [0.5, 0.6) is 0 Å². The van der Waals surface area contributed by atoms with Gasteiger partial charge in [0.15, 0.2) is 0 Å². The molecule has 0 spiro atoms. The van der Waals surface area contributed by atoms with Crippen LogP contribution in [0.3, 0.4) is 0 Å². The third-order valence-electron chi connectivity index (χ3n) is 1.51. The highest BCUT2D eigenvalue weighted by Gasteiger charge is 2.06. The Balaban J connectivity index is 2.24. The Hall–Kier alpha value is -1.83. The van der Waals surface area contributed by atoms with Crippen molar-refractivity contribution in [2.45, 2.75) is 17.1 Å². The van der Waals surface area contributed by atoms with E-state index in [1.807, 2.05) is 6.92 Å². The molecule has 0 bridgehead atoms. The van der Waals surface area contributed by atoms with Crippen LogP contribution < -0.4 is 11.5 Å². The van der Waals surface area contributed by atoms with Gasteiger partial charge in [-0.25, -0.2) is 9.97 Å². The number of aromatic nitrogens is 5. The van der Waals surface area contributed by atoms with Gasteiger partial charge in [-0.15, -0.1) is 5.10 Å². The van der Waals surface area contributed by atoms with E-state index >= 15 is 0 Å². The van der Waals surface area contributed by atoms with Gasteiger partial charge in [-0.2, -0.15) is 4.98 Å². The van der Waals surface area contributed by atoms with Gasteiger partial charge in [0.2, 0.25) is 11.1 Å². The van der Waals surface area contributed by atoms with Gasteiger partial charge < -0.3 is 11.5 Å². The predicted molar refractivity (Wildman–Crippen MR) is 56.1 cm³/mol. The molecule has 0 radical (unpaired) electrons. The van der Waals surface area contributed by atoms with Crippen LogP contribution in [0.1, 0.15) is 5.82 Å². The second-order valence-corrected chi connectivity index (χ2v) is 3.78. The smallest absolute Gasteiger partial charge is 0.223 e. The first-order chi connectivity index (χ1) is 7.13. The fourth-order valence-electron chi connectivity index (χ4n) is 0.975. The van der Waals surface area contributed by atoms with Gasteiger partial charge in [0.25, 0.3) is 0 Å². The maximum atomic E-state index is 5.53. The molecule has 78 valence electrons. The summed E-state index contributed by atoms with van der Waals surface area (Å²) in [4.78, 5) is 11.9. The predicted octanol–water partition coefficient (Wildman–Crippen LogP) is 0.219. The molecule has 0 saturated heterocycles.